The first-order valence-corrected chi connectivity index (χ1v) is 9.88. The number of likely N-dealkylation sites (N-methyl/N-ethyl adjacent to an activating group) is 1. The third-order valence-corrected chi connectivity index (χ3v) is 5.82. The second-order valence-electron chi connectivity index (χ2n) is 7.85. The van der Waals surface area contributed by atoms with Gasteiger partial charge in [-0.1, -0.05) is 19.3 Å². The number of hydrogen-bond donors (Lipinski definition) is 3. The molecule has 144 valence electrons. The number of aliphatic hydroxyl groups excluding tert-OH is 1. The van der Waals surface area contributed by atoms with Crippen LogP contribution in [0.1, 0.15) is 77.0 Å². The van der Waals surface area contributed by atoms with Crippen LogP contribution in [-0.2, 0) is 6.42 Å². The van der Waals surface area contributed by atoms with Gasteiger partial charge in [0, 0.05) is 31.2 Å². The monoisotopic (exact) mass is 361 g/mol. The lowest BCUT2D eigenvalue weighted by Gasteiger charge is -2.32. The van der Waals surface area contributed by atoms with Crippen LogP contribution in [0.25, 0.3) is 0 Å². The van der Waals surface area contributed by atoms with Crippen LogP contribution < -0.4 is 5.32 Å². The van der Waals surface area contributed by atoms with Crippen LogP contribution >= 0.6 is 0 Å². The Bertz CT molecular complexity index is 662. The van der Waals surface area contributed by atoms with Gasteiger partial charge in [-0.05, 0) is 45.2 Å². The molecule has 0 aromatic carbocycles. The molecule has 0 spiro atoms. The van der Waals surface area contributed by atoms with Crippen LogP contribution in [0.2, 0.25) is 0 Å². The van der Waals surface area contributed by atoms with Crippen molar-refractivity contribution in [1.29, 1.82) is 0 Å². The number of nitrogens with one attached hydrogen (secondary N) is 2. The number of fused-ring (bicyclic) bond motifs is 1. The predicted octanol–water partition coefficient (Wildman–Crippen LogP) is 2.20. The summed E-state index contributed by atoms with van der Waals surface area (Å²) in [5.74, 6) is -0.114. The summed E-state index contributed by atoms with van der Waals surface area (Å²) in [6.45, 7) is 2.62. The second-order valence-corrected chi connectivity index (χ2v) is 7.85. The predicted molar refractivity (Wildman–Crippen MR) is 101 cm³/mol. The van der Waals surface area contributed by atoms with E-state index in [0.717, 1.165) is 24.1 Å². The molecule has 0 aliphatic heterocycles. The molecule has 1 saturated carbocycles. The summed E-state index contributed by atoms with van der Waals surface area (Å²) < 4.78 is 0. The maximum atomic E-state index is 12.6. The Balaban J connectivity index is 1.55. The van der Waals surface area contributed by atoms with Crippen LogP contribution in [0.3, 0.4) is 0 Å². The quantitative estimate of drug-likeness (QED) is 0.725. The van der Waals surface area contributed by atoms with E-state index in [1.54, 1.807) is 0 Å². The number of aryl methyl sites for hydroxylation is 1. The third-order valence-electron chi connectivity index (χ3n) is 5.82. The zero-order valence-electron chi connectivity index (χ0n) is 15.9. The summed E-state index contributed by atoms with van der Waals surface area (Å²) in [6.07, 6.45) is 7.71. The number of hydrogen-bond acceptors (Lipinski definition) is 4. The van der Waals surface area contributed by atoms with Gasteiger partial charge in [-0.2, -0.15) is 0 Å². The number of amides is 1. The van der Waals surface area contributed by atoms with Gasteiger partial charge in [0.15, 0.2) is 5.78 Å². The minimum Gasteiger partial charge on any atom is -0.390 e. The number of carbonyl (C=O) groups excluding carboxylic acids is 2. The number of rotatable bonds is 6. The van der Waals surface area contributed by atoms with Gasteiger partial charge in [0.2, 0.25) is 0 Å². The van der Waals surface area contributed by atoms with Gasteiger partial charge in [-0.3, -0.25) is 9.59 Å². The van der Waals surface area contributed by atoms with Crippen molar-refractivity contribution in [3.05, 3.63) is 22.5 Å². The Hall–Kier alpha value is -1.66. The number of carbonyl (C=O) groups is 2. The summed E-state index contributed by atoms with van der Waals surface area (Å²) in [6, 6.07) is 0.541. The lowest BCUT2D eigenvalue weighted by Crippen LogP contribution is -2.43. The molecule has 1 amide bonds. The van der Waals surface area contributed by atoms with Crippen molar-refractivity contribution < 1.29 is 14.7 Å². The molecule has 6 nitrogen and oxygen atoms in total. The molecule has 1 aromatic heterocycles. The van der Waals surface area contributed by atoms with Crippen molar-refractivity contribution in [1.82, 2.24) is 15.2 Å². The molecule has 1 unspecified atom stereocenters. The Labute approximate surface area is 155 Å². The van der Waals surface area contributed by atoms with E-state index in [2.05, 4.69) is 22.2 Å². The minimum absolute atomic E-state index is 0.0857. The number of H-pyrrole nitrogens is 1. The number of nitrogens with zero attached hydrogens (tertiary/aromatic N) is 1. The van der Waals surface area contributed by atoms with Gasteiger partial charge in [0.25, 0.3) is 5.91 Å². The number of aromatic nitrogens is 1. The van der Waals surface area contributed by atoms with Crippen molar-refractivity contribution in [2.24, 2.45) is 0 Å². The molecule has 3 N–H and O–H groups in total. The highest BCUT2D eigenvalue weighted by Crippen LogP contribution is 2.26. The average molecular weight is 361 g/mol. The molecule has 26 heavy (non-hydrogen) atoms. The Morgan fingerprint density at radius 3 is 2.73 bits per heavy atom. The van der Waals surface area contributed by atoms with Gasteiger partial charge in [0.1, 0.15) is 0 Å². The van der Waals surface area contributed by atoms with E-state index in [1.165, 1.54) is 32.1 Å². The topological polar surface area (TPSA) is 85.4 Å². The Kier molecular flexibility index (Phi) is 6.14. The second kappa shape index (κ2) is 8.35. The molecule has 1 heterocycles. The first-order valence-electron chi connectivity index (χ1n) is 9.88. The van der Waals surface area contributed by atoms with Crippen molar-refractivity contribution >= 4 is 11.7 Å². The van der Waals surface area contributed by atoms with Crippen LogP contribution in [0.5, 0.6) is 0 Å². The summed E-state index contributed by atoms with van der Waals surface area (Å²) in [5, 5.41) is 13.2. The maximum Gasteiger partial charge on any atom is 0.253 e. The number of Topliss-reactive ketones (excluding diaryl/α,β-unsaturated/α-hetero) is 1. The molecule has 6 heteroatoms. The molecule has 2 aliphatic rings. The fourth-order valence-electron chi connectivity index (χ4n) is 4.39. The van der Waals surface area contributed by atoms with E-state index >= 15 is 0 Å². The number of aliphatic hydroxyl groups is 1. The van der Waals surface area contributed by atoms with E-state index in [9.17, 15) is 14.7 Å². The van der Waals surface area contributed by atoms with Crippen molar-refractivity contribution in [3.63, 3.8) is 0 Å². The fourth-order valence-corrected chi connectivity index (χ4v) is 4.39. The van der Waals surface area contributed by atoms with Crippen LogP contribution in [0.15, 0.2) is 0 Å². The van der Waals surface area contributed by atoms with E-state index in [4.69, 9.17) is 0 Å². The molecule has 1 aromatic rings. The smallest absolute Gasteiger partial charge is 0.253 e. The molecule has 3 rings (SSSR count). The van der Waals surface area contributed by atoms with Crippen LogP contribution in [-0.4, -0.2) is 59.0 Å². The molecule has 0 saturated heterocycles. The number of aromatic amines is 1. The maximum absolute atomic E-state index is 12.6. The van der Waals surface area contributed by atoms with E-state index in [0.29, 0.717) is 30.3 Å². The van der Waals surface area contributed by atoms with Crippen LogP contribution in [0, 0.1) is 6.92 Å². The van der Waals surface area contributed by atoms with Crippen LogP contribution in [0.4, 0.5) is 0 Å². The summed E-state index contributed by atoms with van der Waals surface area (Å²) in [5.41, 5.74) is 2.75. The molecule has 0 bridgehead atoms. The largest absolute Gasteiger partial charge is 0.390 e. The highest BCUT2D eigenvalue weighted by molar-refractivity contribution is 6.04. The molecule has 1 atom stereocenters. The zero-order valence-corrected chi connectivity index (χ0v) is 15.9. The van der Waals surface area contributed by atoms with Gasteiger partial charge in [-0.15, -0.1) is 0 Å². The zero-order chi connectivity index (χ0) is 18.7. The molecule has 1 fully saturated rings. The average Bonchev–Trinajstić information content (AvgIpc) is 2.98. The van der Waals surface area contributed by atoms with Gasteiger partial charge in [-0.25, -0.2) is 0 Å². The lowest BCUT2D eigenvalue weighted by atomic mass is 9.93. The van der Waals surface area contributed by atoms with E-state index in [1.807, 2.05) is 6.92 Å². The highest BCUT2D eigenvalue weighted by atomic mass is 16.3. The lowest BCUT2D eigenvalue weighted by molar-refractivity contribution is 0.0793. The summed E-state index contributed by atoms with van der Waals surface area (Å²) >= 11 is 0. The molecule has 0 radical (unpaired) electrons. The summed E-state index contributed by atoms with van der Waals surface area (Å²) in [7, 11) is 2.05. The third kappa shape index (κ3) is 4.18. The van der Waals surface area contributed by atoms with Crippen molar-refractivity contribution in [2.75, 3.05) is 20.1 Å². The van der Waals surface area contributed by atoms with Gasteiger partial charge < -0.3 is 20.3 Å². The molecule has 2 aliphatic carbocycles. The van der Waals surface area contributed by atoms with Crippen molar-refractivity contribution in [3.8, 4) is 0 Å². The van der Waals surface area contributed by atoms with E-state index in [-0.39, 0.29) is 18.2 Å². The standard InChI is InChI=1S/C20H31N3O3/c1-13-18(16-9-6-10-17(25)19(16)22-13)20(26)21-11-15(24)12-23(2)14-7-4-3-5-8-14/h14-15,22,24H,3-12H2,1-2H3,(H,21,26). The Morgan fingerprint density at radius 1 is 1.27 bits per heavy atom. The first kappa shape index (κ1) is 19.1. The number of ketones is 1. The Morgan fingerprint density at radius 2 is 2.00 bits per heavy atom. The van der Waals surface area contributed by atoms with E-state index < -0.39 is 6.10 Å². The highest BCUT2D eigenvalue weighted by Gasteiger charge is 2.27. The normalized spacial score (nSPS) is 19.5. The minimum atomic E-state index is -0.595. The summed E-state index contributed by atoms with van der Waals surface area (Å²) in [4.78, 5) is 29.9. The molecular weight excluding hydrogens is 330 g/mol. The van der Waals surface area contributed by atoms with Gasteiger partial charge in [0.05, 0.1) is 17.4 Å². The first-order chi connectivity index (χ1) is 12.5. The fraction of sp³-hybridized carbons (Fsp3) is 0.700. The molecular formula is C20H31N3O3. The van der Waals surface area contributed by atoms with Gasteiger partial charge >= 0.3 is 0 Å². The SMILES string of the molecule is Cc1[nH]c2c(c1C(=O)NCC(O)CN(C)C1CCCCC1)CCCC2=O. The van der Waals surface area contributed by atoms with Crippen molar-refractivity contribution in [2.45, 2.75) is 70.4 Å².